The highest BCUT2D eigenvalue weighted by Crippen LogP contribution is 2.32. The van der Waals surface area contributed by atoms with Crippen LogP contribution in [-0.4, -0.2) is 0 Å². The van der Waals surface area contributed by atoms with Gasteiger partial charge >= 0.3 is 0 Å². The molecule has 1 aromatic rings. The summed E-state index contributed by atoms with van der Waals surface area (Å²) < 4.78 is 0. The fourth-order valence-corrected chi connectivity index (χ4v) is 1.31. The van der Waals surface area contributed by atoms with Gasteiger partial charge in [0.15, 0.2) is 0 Å². The van der Waals surface area contributed by atoms with Gasteiger partial charge in [0.05, 0.1) is 0 Å². The first-order valence-corrected chi connectivity index (χ1v) is 4.67. The molecular formula is C12H14. The van der Waals surface area contributed by atoms with E-state index in [9.17, 15) is 0 Å². The minimum Gasteiger partial charge on any atom is -0.0837 e. The molecule has 1 aromatic carbocycles. The van der Waals surface area contributed by atoms with Gasteiger partial charge in [-0.25, -0.2) is 0 Å². The van der Waals surface area contributed by atoms with Crippen LogP contribution in [0.1, 0.15) is 24.8 Å². The summed E-state index contributed by atoms with van der Waals surface area (Å²) in [6, 6.07) is 10.5. The molecule has 12 heavy (non-hydrogen) atoms. The Morgan fingerprint density at radius 1 is 1.17 bits per heavy atom. The van der Waals surface area contributed by atoms with Crippen molar-refractivity contribution < 1.29 is 0 Å². The zero-order chi connectivity index (χ0) is 8.23. The first-order chi connectivity index (χ1) is 5.95. The maximum atomic E-state index is 2.30. The predicted molar refractivity (Wildman–Crippen MR) is 52.8 cm³/mol. The Bertz CT molecular complexity index is 255. The molecule has 0 aromatic heterocycles. The molecule has 1 fully saturated rings. The largest absolute Gasteiger partial charge is 0.0837 e. The summed E-state index contributed by atoms with van der Waals surface area (Å²) in [6.45, 7) is 0. The Morgan fingerprint density at radius 2 is 1.92 bits per heavy atom. The number of benzene rings is 1. The third-order valence-electron chi connectivity index (χ3n) is 2.28. The summed E-state index contributed by atoms with van der Waals surface area (Å²) in [5, 5.41) is 0. The highest BCUT2D eigenvalue weighted by molar-refractivity contribution is 5.48. The molecule has 2 rings (SSSR count). The van der Waals surface area contributed by atoms with Gasteiger partial charge in [-0.15, -0.1) is 0 Å². The van der Waals surface area contributed by atoms with Crippen molar-refractivity contribution in [2.45, 2.75) is 19.3 Å². The second-order valence-corrected chi connectivity index (χ2v) is 3.49. The van der Waals surface area contributed by atoms with E-state index in [1.807, 2.05) is 0 Å². The van der Waals surface area contributed by atoms with Crippen molar-refractivity contribution in [3.63, 3.8) is 0 Å². The van der Waals surface area contributed by atoms with Crippen LogP contribution in [0.2, 0.25) is 0 Å². The third kappa shape index (κ3) is 2.23. The lowest BCUT2D eigenvalue weighted by Crippen LogP contribution is -1.70. The van der Waals surface area contributed by atoms with Crippen molar-refractivity contribution >= 4 is 6.08 Å². The van der Waals surface area contributed by atoms with Crippen LogP contribution < -0.4 is 0 Å². The van der Waals surface area contributed by atoms with Crippen LogP contribution in [0, 0.1) is 5.92 Å². The highest BCUT2D eigenvalue weighted by Gasteiger charge is 2.18. The molecule has 62 valence electrons. The average molecular weight is 158 g/mol. The molecule has 0 N–H and O–H groups in total. The van der Waals surface area contributed by atoms with Gasteiger partial charge in [0, 0.05) is 0 Å². The quantitative estimate of drug-likeness (QED) is 0.631. The summed E-state index contributed by atoms with van der Waals surface area (Å²) in [5.41, 5.74) is 1.32. The number of hydrogen-bond donors (Lipinski definition) is 0. The van der Waals surface area contributed by atoms with Gasteiger partial charge in [-0.1, -0.05) is 42.5 Å². The average Bonchev–Trinajstić information content (AvgIpc) is 2.90. The molecule has 0 heterocycles. The number of allylic oxidation sites excluding steroid dienone is 1. The van der Waals surface area contributed by atoms with Crippen molar-refractivity contribution in [1.82, 2.24) is 0 Å². The van der Waals surface area contributed by atoms with E-state index < -0.39 is 0 Å². The van der Waals surface area contributed by atoms with Crippen molar-refractivity contribution in [3.05, 3.63) is 42.0 Å². The zero-order valence-corrected chi connectivity index (χ0v) is 7.24. The van der Waals surface area contributed by atoms with E-state index in [-0.39, 0.29) is 0 Å². The summed E-state index contributed by atoms with van der Waals surface area (Å²) in [4.78, 5) is 0. The molecule has 0 nitrogen and oxygen atoms in total. The second-order valence-electron chi connectivity index (χ2n) is 3.49. The summed E-state index contributed by atoms with van der Waals surface area (Å²) in [6.07, 6.45) is 8.68. The fourth-order valence-electron chi connectivity index (χ4n) is 1.31. The van der Waals surface area contributed by atoms with Gasteiger partial charge in [-0.3, -0.25) is 0 Å². The fraction of sp³-hybridized carbons (Fsp3) is 0.333. The first-order valence-electron chi connectivity index (χ1n) is 4.67. The Morgan fingerprint density at radius 3 is 2.58 bits per heavy atom. The standard InChI is InChI=1S/C12H14/c1-2-5-11(6-3-1)7-4-8-12-9-10-12/h1-7,12H,8-10H2/b7-4+. The smallest absolute Gasteiger partial charge is 0.0260 e. The van der Waals surface area contributed by atoms with Crippen LogP contribution in [0.15, 0.2) is 36.4 Å². The van der Waals surface area contributed by atoms with Crippen LogP contribution in [0.3, 0.4) is 0 Å². The zero-order valence-electron chi connectivity index (χ0n) is 7.24. The lowest BCUT2D eigenvalue weighted by molar-refractivity contribution is 0.866. The molecule has 0 aliphatic heterocycles. The maximum Gasteiger partial charge on any atom is -0.0260 e. The van der Waals surface area contributed by atoms with E-state index in [0.29, 0.717) is 0 Å². The SMILES string of the molecule is C(=C\c1ccccc1)/CC1CC1. The van der Waals surface area contributed by atoms with Crippen LogP contribution in [0.4, 0.5) is 0 Å². The number of rotatable bonds is 3. The van der Waals surface area contributed by atoms with Crippen molar-refractivity contribution in [3.8, 4) is 0 Å². The summed E-state index contributed by atoms with van der Waals surface area (Å²) in [7, 11) is 0. The van der Waals surface area contributed by atoms with E-state index in [1.165, 1.54) is 24.8 Å². The lowest BCUT2D eigenvalue weighted by atomic mass is 10.2. The van der Waals surface area contributed by atoms with E-state index in [2.05, 4.69) is 42.5 Å². The second kappa shape index (κ2) is 3.57. The van der Waals surface area contributed by atoms with Crippen LogP contribution >= 0.6 is 0 Å². The minimum atomic E-state index is 1.00. The molecule has 0 atom stereocenters. The number of hydrogen-bond acceptors (Lipinski definition) is 0. The van der Waals surface area contributed by atoms with Crippen LogP contribution in [0.5, 0.6) is 0 Å². The van der Waals surface area contributed by atoms with Gasteiger partial charge in [0.1, 0.15) is 0 Å². The van der Waals surface area contributed by atoms with Gasteiger partial charge in [0.2, 0.25) is 0 Å². The van der Waals surface area contributed by atoms with Gasteiger partial charge in [0.25, 0.3) is 0 Å². The van der Waals surface area contributed by atoms with Crippen molar-refractivity contribution in [2.24, 2.45) is 5.92 Å². The highest BCUT2D eigenvalue weighted by atomic mass is 14.2. The molecule has 1 aliphatic carbocycles. The van der Waals surface area contributed by atoms with Gasteiger partial charge in [-0.2, -0.15) is 0 Å². The molecule has 0 spiro atoms. The van der Waals surface area contributed by atoms with Crippen molar-refractivity contribution in [2.75, 3.05) is 0 Å². The van der Waals surface area contributed by atoms with Crippen LogP contribution in [-0.2, 0) is 0 Å². The van der Waals surface area contributed by atoms with Gasteiger partial charge < -0.3 is 0 Å². The lowest BCUT2D eigenvalue weighted by Gasteiger charge is -1.90. The molecule has 1 saturated carbocycles. The van der Waals surface area contributed by atoms with Crippen molar-refractivity contribution in [1.29, 1.82) is 0 Å². The molecule has 0 amide bonds. The Kier molecular flexibility index (Phi) is 2.26. The van der Waals surface area contributed by atoms with Crippen LogP contribution in [0.25, 0.3) is 6.08 Å². The normalized spacial score (nSPS) is 17.0. The topological polar surface area (TPSA) is 0 Å². The third-order valence-corrected chi connectivity index (χ3v) is 2.28. The summed E-state index contributed by atoms with van der Waals surface area (Å²) >= 11 is 0. The maximum absolute atomic E-state index is 2.30. The Balaban J connectivity index is 1.89. The monoisotopic (exact) mass is 158 g/mol. The van der Waals surface area contributed by atoms with E-state index >= 15 is 0 Å². The Hall–Kier alpha value is -1.04. The Labute approximate surface area is 73.9 Å². The first kappa shape index (κ1) is 7.60. The molecule has 0 saturated heterocycles. The molecule has 0 radical (unpaired) electrons. The predicted octanol–water partition coefficient (Wildman–Crippen LogP) is 3.50. The molecule has 0 bridgehead atoms. The molecular weight excluding hydrogens is 144 g/mol. The molecule has 1 aliphatic rings. The van der Waals surface area contributed by atoms with Gasteiger partial charge in [-0.05, 0) is 30.7 Å². The van der Waals surface area contributed by atoms with E-state index in [0.717, 1.165) is 5.92 Å². The van der Waals surface area contributed by atoms with E-state index in [4.69, 9.17) is 0 Å². The summed E-state index contributed by atoms with van der Waals surface area (Å²) in [5.74, 6) is 1.00. The minimum absolute atomic E-state index is 1.00. The van der Waals surface area contributed by atoms with E-state index in [1.54, 1.807) is 0 Å². The molecule has 0 heteroatoms. The molecule has 0 unspecified atom stereocenters.